The van der Waals surface area contributed by atoms with E-state index in [0.29, 0.717) is 5.56 Å². The van der Waals surface area contributed by atoms with Crippen molar-refractivity contribution in [3.05, 3.63) is 114 Å². The molecule has 2 aromatic heterocycles. The Morgan fingerprint density at radius 2 is 1.39 bits per heavy atom. The molecule has 148 valence electrons. The van der Waals surface area contributed by atoms with Crippen molar-refractivity contribution in [3.63, 3.8) is 0 Å². The van der Waals surface area contributed by atoms with Crippen molar-refractivity contribution in [2.75, 3.05) is 0 Å². The van der Waals surface area contributed by atoms with Crippen LogP contribution < -0.4 is 0 Å². The van der Waals surface area contributed by atoms with Crippen LogP contribution in [0, 0.1) is 6.92 Å². The summed E-state index contributed by atoms with van der Waals surface area (Å²) in [5.41, 5.74) is 6.14. The number of fused-ring (bicyclic) bond motifs is 5. The summed E-state index contributed by atoms with van der Waals surface area (Å²) in [6, 6.07) is 32.9. The first-order valence-electron chi connectivity index (χ1n) is 10.4. The molecule has 0 atom stereocenters. The molecule has 0 saturated carbocycles. The first kappa shape index (κ1) is 17.7. The van der Waals surface area contributed by atoms with Gasteiger partial charge < -0.3 is 4.57 Å². The van der Waals surface area contributed by atoms with Gasteiger partial charge in [0.15, 0.2) is 0 Å². The normalized spacial score (nSPS) is 11.5. The van der Waals surface area contributed by atoms with Crippen molar-refractivity contribution in [1.29, 1.82) is 0 Å². The lowest BCUT2D eigenvalue weighted by molar-refractivity contribution is 0.0965. The van der Waals surface area contributed by atoms with Crippen molar-refractivity contribution >= 4 is 38.6 Å². The van der Waals surface area contributed by atoms with Crippen molar-refractivity contribution < 1.29 is 4.79 Å². The molecule has 4 aromatic carbocycles. The van der Waals surface area contributed by atoms with E-state index >= 15 is 0 Å². The molecule has 0 spiro atoms. The minimum Gasteiger partial charge on any atom is -0.309 e. The maximum absolute atomic E-state index is 13.3. The smallest absolute Gasteiger partial charge is 0.262 e. The summed E-state index contributed by atoms with van der Waals surface area (Å²) < 4.78 is 4.06. The van der Waals surface area contributed by atoms with E-state index in [4.69, 9.17) is 0 Å². The Labute approximate surface area is 179 Å². The lowest BCUT2D eigenvalue weighted by Gasteiger charge is -2.09. The molecule has 0 amide bonds. The van der Waals surface area contributed by atoms with E-state index in [1.165, 1.54) is 10.8 Å². The van der Waals surface area contributed by atoms with Crippen LogP contribution in [0.2, 0.25) is 0 Å². The van der Waals surface area contributed by atoms with E-state index in [0.717, 1.165) is 33.2 Å². The molecule has 0 unspecified atom stereocenters. The molecule has 0 radical (unpaired) electrons. The molecule has 0 aliphatic carbocycles. The van der Waals surface area contributed by atoms with E-state index in [1.54, 1.807) is 4.57 Å². The Bertz CT molecular complexity index is 1590. The van der Waals surface area contributed by atoms with Crippen molar-refractivity contribution in [1.82, 2.24) is 9.13 Å². The maximum Gasteiger partial charge on any atom is 0.262 e. The monoisotopic (exact) mass is 400 g/mol. The summed E-state index contributed by atoms with van der Waals surface area (Å²) >= 11 is 0. The van der Waals surface area contributed by atoms with E-state index < -0.39 is 0 Å². The number of hydrogen-bond donors (Lipinski definition) is 0. The average Bonchev–Trinajstić information content (AvgIpc) is 3.39. The molecule has 0 fully saturated rings. The largest absolute Gasteiger partial charge is 0.309 e. The quantitative estimate of drug-likeness (QED) is 0.316. The van der Waals surface area contributed by atoms with Crippen LogP contribution >= 0.6 is 0 Å². The minimum atomic E-state index is -0.0169. The lowest BCUT2D eigenvalue weighted by atomic mass is 10.1. The zero-order valence-corrected chi connectivity index (χ0v) is 17.1. The second kappa shape index (κ2) is 6.71. The average molecular weight is 400 g/mol. The van der Waals surface area contributed by atoms with E-state index in [9.17, 15) is 4.79 Å². The van der Waals surface area contributed by atoms with Gasteiger partial charge in [0.2, 0.25) is 0 Å². The summed E-state index contributed by atoms with van der Waals surface area (Å²) in [5.74, 6) is -0.0169. The zero-order valence-electron chi connectivity index (χ0n) is 17.1. The van der Waals surface area contributed by atoms with Gasteiger partial charge in [-0.15, -0.1) is 0 Å². The maximum atomic E-state index is 13.3. The number of aryl methyl sites for hydroxylation is 1. The second-order valence-corrected chi connectivity index (χ2v) is 7.94. The molecule has 0 aliphatic heterocycles. The molecule has 3 nitrogen and oxygen atoms in total. The topological polar surface area (TPSA) is 26.9 Å². The van der Waals surface area contributed by atoms with Gasteiger partial charge in [0, 0.05) is 33.6 Å². The summed E-state index contributed by atoms with van der Waals surface area (Å²) in [7, 11) is 0. The number of hydrogen-bond acceptors (Lipinski definition) is 1. The molecule has 0 saturated heterocycles. The Balaban J connectivity index is 1.67. The van der Waals surface area contributed by atoms with Gasteiger partial charge in [0.25, 0.3) is 5.91 Å². The number of carbonyl (C=O) groups is 1. The van der Waals surface area contributed by atoms with Crippen LogP contribution in [0.25, 0.3) is 38.4 Å². The molecule has 6 rings (SSSR count). The van der Waals surface area contributed by atoms with Gasteiger partial charge in [-0.25, -0.2) is 0 Å². The van der Waals surface area contributed by atoms with Gasteiger partial charge in [0.1, 0.15) is 0 Å². The Kier molecular flexibility index (Phi) is 3.84. The zero-order chi connectivity index (χ0) is 20.9. The fourth-order valence-corrected chi connectivity index (χ4v) is 4.53. The summed E-state index contributed by atoms with van der Waals surface area (Å²) in [6.07, 6.45) is 1.89. The Morgan fingerprint density at radius 1 is 0.645 bits per heavy atom. The number of rotatable bonds is 2. The first-order valence-corrected chi connectivity index (χ1v) is 10.4. The molecule has 3 heteroatoms. The van der Waals surface area contributed by atoms with Crippen LogP contribution in [0.4, 0.5) is 0 Å². The van der Waals surface area contributed by atoms with Crippen LogP contribution in [-0.2, 0) is 0 Å². The Hall–Kier alpha value is -4.11. The van der Waals surface area contributed by atoms with Crippen molar-refractivity contribution in [2.45, 2.75) is 6.92 Å². The number of para-hydroxylation sites is 2. The highest BCUT2D eigenvalue weighted by molar-refractivity contribution is 6.19. The molecule has 0 bridgehead atoms. The fraction of sp³-hybridized carbons (Fsp3) is 0.0357. The molecule has 0 N–H and O–H groups in total. The molecular weight excluding hydrogens is 380 g/mol. The third kappa shape index (κ3) is 2.63. The highest BCUT2D eigenvalue weighted by Gasteiger charge is 2.18. The minimum absolute atomic E-state index is 0.0169. The number of aromatic nitrogens is 2. The van der Waals surface area contributed by atoms with Gasteiger partial charge in [-0.1, -0.05) is 60.2 Å². The highest BCUT2D eigenvalue weighted by atomic mass is 16.2. The predicted molar refractivity (Wildman–Crippen MR) is 127 cm³/mol. The molecule has 0 aliphatic rings. The summed E-state index contributed by atoms with van der Waals surface area (Å²) in [5, 5.41) is 3.46. The number of nitrogens with zero attached hydrogens (tertiary/aromatic N) is 2. The van der Waals surface area contributed by atoms with Crippen LogP contribution in [-0.4, -0.2) is 15.0 Å². The predicted octanol–water partition coefficient (Wildman–Crippen LogP) is 6.74. The first-order chi connectivity index (χ1) is 15.2. The molecule has 6 aromatic rings. The van der Waals surface area contributed by atoms with Gasteiger partial charge in [0.05, 0.1) is 16.6 Å². The summed E-state index contributed by atoms with van der Waals surface area (Å²) in [4.78, 5) is 13.3. The van der Waals surface area contributed by atoms with Gasteiger partial charge in [-0.2, -0.15) is 0 Å². The SMILES string of the molecule is Cc1ccc(C(=O)n2ccc3c2ccc2c4ccccc4n(-c4ccccc4)c23)cc1. The van der Waals surface area contributed by atoms with E-state index in [2.05, 4.69) is 71.3 Å². The van der Waals surface area contributed by atoms with Gasteiger partial charge in [-0.3, -0.25) is 9.36 Å². The van der Waals surface area contributed by atoms with Crippen LogP contribution in [0.5, 0.6) is 0 Å². The third-order valence-corrected chi connectivity index (χ3v) is 6.03. The third-order valence-electron chi connectivity index (χ3n) is 6.03. The van der Waals surface area contributed by atoms with E-state index in [1.807, 2.05) is 43.5 Å². The van der Waals surface area contributed by atoms with Crippen molar-refractivity contribution in [3.8, 4) is 5.69 Å². The van der Waals surface area contributed by atoms with Crippen LogP contribution in [0.1, 0.15) is 15.9 Å². The second-order valence-electron chi connectivity index (χ2n) is 7.94. The van der Waals surface area contributed by atoms with Crippen LogP contribution in [0.15, 0.2) is 103 Å². The number of carbonyl (C=O) groups excluding carboxylic acids is 1. The molecule has 2 heterocycles. The van der Waals surface area contributed by atoms with Gasteiger partial charge in [-0.05, 0) is 49.4 Å². The van der Waals surface area contributed by atoms with Gasteiger partial charge >= 0.3 is 0 Å². The molecular formula is C28H20N2O. The van der Waals surface area contributed by atoms with Crippen LogP contribution in [0.3, 0.4) is 0 Å². The lowest BCUT2D eigenvalue weighted by Crippen LogP contribution is -2.10. The highest BCUT2D eigenvalue weighted by Crippen LogP contribution is 2.36. The van der Waals surface area contributed by atoms with E-state index in [-0.39, 0.29) is 5.91 Å². The molecule has 31 heavy (non-hydrogen) atoms. The van der Waals surface area contributed by atoms with Crippen molar-refractivity contribution in [2.24, 2.45) is 0 Å². The number of benzene rings is 4. The Morgan fingerprint density at radius 3 is 2.19 bits per heavy atom. The standard InChI is InChI=1S/C28H20N2O/c1-19-11-13-20(14-12-19)28(31)29-18-17-24-25(29)16-15-23-22-9-5-6-10-26(22)30(27(23)24)21-7-3-2-4-8-21/h2-18H,1H3. The summed E-state index contributed by atoms with van der Waals surface area (Å²) in [6.45, 7) is 2.03. The fourth-order valence-electron chi connectivity index (χ4n) is 4.53.